The van der Waals surface area contributed by atoms with E-state index < -0.39 is 0 Å². The van der Waals surface area contributed by atoms with Gasteiger partial charge in [0.15, 0.2) is 5.78 Å². The first-order chi connectivity index (χ1) is 9.60. The van der Waals surface area contributed by atoms with Crippen LogP contribution in [0, 0.1) is 0 Å². The molecule has 0 spiro atoms. The number of carbonyl (C=O) groups excluding carboxylic acids is 1. The van der Waals surface area contributed by atoms with Crippen LogP contribution in [0.25, 0.3) is 6.08 Å². The van der Waals surface area contributed by atoms with Crippen molar-refractivity contribution >= 4 is 39.4 Å². The van der Waals surface area contributed by atoms with Gasteiger partial charge >= 0.3 is 0 Å². The number of rotatable bonds is 4. The fourth-order valence-electron chi connectivity index (χ4n) is 1.66. The van der Waals surface area contributed by atoms with Crippen molar-refractivity contribution in [3.05, 3.63) is 69.2 Å². The molecule has 0 N–H and O–H groups in total. The highest BCUT2D eigenvalue weighted by molar-refractivity contribution is 9.10. The summed E-state index contributed by atoms with van der Waals surface area (Å²) < 4.78 is 5.89. The molecule has 0 saturated carbocycles. The zero-order valence-corrected chi connectivity index (χ0v) is 13.1. The summed E-state index contributed by atoms with van der Waals surface area (Å²) in [5.74, 6) is 0.631. The smallest absolute Gasteiger partial charge is 0.185 e. The molecule has 0 radical (unpaired) electrons. The summed E-state index contributed by atoms with van der Waals surface area (Å²) in [5.41, 5.74) is 1.53. The maximum absolute atomic E-state index is 12.1. The molecule has 2 aromatic carbocycles. The van der Waals surface area contributed by atoms with E-state index >= 15 is 0 Å². The third-order valence-electron chi connectivity index (χ3n) is 2.73. The van der Waals surface area contributed by atoms with Gasteiger partial charge in [0, 0.05) is 10.6 Å². The van der Waals surface area contributed by atoms with Crippen LogP contribution in [0.4, 0.5) is 0 Å². The molecule has 2 rings (SSSR count). The van der Waals surface area contributed by atoms with Crippen LogP contribution in [0.15, 0.2) is 53.0 Å². The van der Waals surface area contributed by atoms with Gasteiger partial charge in [-0.2, -0.15) is 0 Å². The van der Waals surface area contributed by atoms with Gasteiger partial charge in [0.2, 0.25) is 0 Å². The molecule has 2 nitrogen and oxygen atoms in total. The van der Waals surface area contributed by atoms with Gasteiger partial charge in [0.25, 0.3) is 0 Å². The number of ether oxygens (including phenoxy) is 1. The van der Waals surface area contributed by atoms with E-state index in [0.717, 1.165) is 10.0 Å². The Labute approximate surface area is 131 Å². The molecule has 0 fully saturated rings. The Balaban J connectivity index is 2.15. The molecule has 0 atom stereocenters. The molecule has 0 aliphatic rings. The molecule has 0 heterocycles. The SMILES string of the molecule is COc1ccc(C(=O)/C=C\c2ccc(Cl)cc2)cc1Br. The normalized spacial score (nSPS) is 10.8. The van der Waals surface area contributed by atoms with Crippen LogP contribution in [-0.2, 0) is 0 Å². The molecule has 102 valence electrons. The number of carbonyl (C=O) groups is 1. The van der Waals surface area contributed by atoms with Crippen LogP contribution in [0.2, 0.25) is 5.02 Å². The summed E-state index contributed by atoms with van der Waals surface area (Å²) in [5, 5.41) is 0.674. The summed E-state index contributed by atoms with van der Waals surface area (Å²) in [6.45, 7) is 0. The van der Waals surface area contributed by atoms with Crippen molar-refractivity contribution in [1.82, 2.24) is 0 Å². The lowest BCUT2D eigenvalue weighted by atomic mass is 10.1. The number of methoxy groups -OCH3 is 1. The molecule has 0 amide bonds. The highest BCUT2D eigenvalue weighted by atomic mass is 79.9. The first-order valence-corrected chi connectivity index (χ1v) is 7.09. The van der Waals surface area contributed by atoms with E-state index in [1.54, 1.807) is 43.5 Å². The van der Waals surface area contributed by atoms with Crippen molar-refractivity contribution in [3.8, 4) is 5.75 Å². The summed E-state index contributed by atoms with van der Waals surface area (Å²) in [6, 6.07) is 12.5. The van der Waals surface area contributed by atoms with Gasteiger partial charge in [0.1, 0.15) is 5.75 Å². The van der Waals surface area contributed by atoms with Crippen molar-refractivity contribution in [3.63, 3.8) is 0 Å². The van der Waals surface area contributed by atoms with Crippen LogP contribution in [0.5, 0.6) is 5.75 Å². The summed E-state index contributed by atoms with van der Waals surface area (Å²) >= 11 is 9.17. The van der Waals surface area contributed by atoms with Gasteiger partial charge in [-0.25, -0.2) is 0 Å². The van der Waals surface area contributed by atoms with Crippen molar-refractivity contribution in [1.29, 1.82) is 0 Å². The molecule has 0 aliphatic heterocycles. The summed E-state index contributed by atoms with van der Waals surface area (Å²) in [7, 11) is 1.59. The highest BCUT2D eigenvalue weighted by Gasteiger charge is 2.06. The third kappa shape index (κ3) is 3.71. The summed E-state index contributed by atoms with van der Waals surface area (Å²) in [4.78, 5) is 12.1. The molecule has 20 heavy (non-hydrogen) atoms. The number of hydrogen-bond acceptors (Lipinski definition) is 2. The van der Waals surface area contributed by atoms with Crippen LogP contribution in [0.1, 0.15) is 15.9 Å². The Morgan fingerprint density at radius 3 is 2.50 bits per heavy atom. The molecule has 0 bridgehead atoms. The number of allylic oxidation sites excluding steroid dienone is 1. The molecular weight excluding hydrogens is 340 g/mol. The van der Waals surface area contributed by atoms with E-state index in [0.29, 0.717) is 16.3 Å². The Hall–Kier alpha value is -1.58. The Kier molecular flexibility index (Phi) is 4.99. The molecule has 0 saturated heterocycles. The summed E-state index contributed by atoms with van der Waals surface area (Å²) in [6.07, 6.45) is 3.30. The zero-order valence-electron chi connectivity index (χ0n) is 10.8. The minimum absolute atomic E-state index is 0.0664. The number of halogens is 2. The number of ketones is 1. The maximum atomic E-state index is 12.1. The van der Waals surface area contributed by atoms with Crippen LogP contribution in [0.3, 0.4) is 0 Å². The van der Waals surface area contributed by atoms with E-state index in [9.17, 15) is 4.79 Å². The van der Waals surface area contributed by atoms with E-state index in [4.69, 9.17) is 16.3 Å². The first-order valence-electron chi connectivity index (χ1n) is 5.91. The Bertz CT molecular complexity index is 648. The lowest BCUT2D eigenvalue weighted by molar-refractivity contribution is 0.104. The fraction of sp³-hybridized carbons (Fsp3) is 0.0625. The predicted molar refractivity (Wildman–Crippen MR) is 85.5 cm³/mol. The molecule has 2 aromatic rings. The van der Waals surface area contributed by atoms with Gasteiger partial charge < -0.3 is 4.74 Å². The predicted octanol–water partition coefficient (Wildman–Crippen LogP) is 5.01. The van der Waals surface area contributed by atoms with Crippen LogP contribution >= 0.6 is 27.5 Å². The molecule has 0 aromatic heterocycles. The quantitative estimate of drug-likeness (QED) is 0.572. The van der Waals surface area contributed by atoms with Crippen LogP contribution < -0.4 is 4.74 Å². The van der Waals surface area contributed by atoms with Gasteiger partial charge in [-0.1, -0.05) is 29.8 Å². The van der Waals surface area contributed by atoms with Gasteiger partial charge in [-0.05, 0) is 57.9 Å². The standard InChI is InChI=1S/C16H12BrClO2/c1-20-16-9-5-12(10-14(16)17)15(19)8-4-11-2-6-13(18)7-3-11/h2-10H,1H3/b8-4-. The molecule has 0 aliphatic carbocycles. The number of hydrogen-bond donors (Lipinski definition) is 0. The monoisotopic (exact) mass is 350 g/mol. The maximum Gasteiger partial charge on any atom is 0.185 e. The third-order valence-corrected chi connectivity index (χ3v) is 3.61. The number of benzene rings is 2. The lowest BCUT2D eigenvalue weighted by Crippen LogP contribution is -1.95. The van der Waals surface area contributed by atoms with E-state index in [-0.39, 0.29) is 5.78 Å². The topological polar surface area (TPSA) is 26.3 Å². The molecular formula is C16H12BrClO2. The molecule has 0 unspecified atom stereocenters. The second-order valence-electron chi connectivity index (χ2n) is 4.10. The van der Waals surface area contributed by atoms with Crippen molar-refractivity contribution in [2.75, 3.05) is 7.11 Å². The van der Waals surface area contributed by atoms with Gasteiger partial charge in [-0.3, -0.25) is 4.79 Å². The van der Waals surface area contributed by atoms with Crippen LogP contribution in [-0.4, -0.2) is 12.9 Å². The average Bonchev–Trinajstić information content (AvgIpc) is 2.46. The molecule has 4 heteroatoms. The zero-order chi connectivity index (χ0) is 14.5. The van der Waals surface area contributed by atoms with Crippen molar-refractivity contribution < 1.29 is 9.53 Å². The Morgan fingerprint density at radius 1 is 1.20 bits per heavy atom. The minimum atomic E-state index is -0.0664. The minimum Gasteiger partial charge on any atom is -0.496 e. The second kappa shape index (κ2) is 6.73. The van der Waals surface area contributed by atoms with Crippen molar-refractivity contribution in [2.24, 2.45) is 0 Å². The average molecular weight is 352 g/mol. The first kappa shape index (κ1) is 14.8. The largest absolute Gasteiger partial charge is 0.496 e. The van der Waals surface area contributed by atoms with Gasteiger partial charge in [-0.15, -0.1) is 0 Å². The van der Waals surface area contributed by atoms with E-state index in [2.05, 4.69) is 15.9 Å². The lowest BCUT2D eigenvalue weighted by Gasteiger charge is -2.04. The van der Waals surface area contributed by atoms with Crippen molar-refractivity contribution in [2.45, 2.75) is 0 Å². The second-order valence-corrected chi connectivity index (χ2v) is 5.39. The van der Waals surface area contributed by atoms with Gasteiger partial charge in [0.05, 0.1) is 11.6 Å². The fourth-order valence-corrected chi connectivity index (χ4v) is 2.33. The highest BCUT2D eigenvalue weighted by Crippen LogP contribution is 2.25. The Morgan fingerprint density at radius 2 is 1.90 bits per heavy atom. The van der Waals surface area contributed by atoms with E-state index in [1.807, 2.05) is 12.1 Å². The van der Waals surface area contributed by atoms with E-state index in [1.165, 1.54) is 6.08 Å².